The molecule has 1 amide bonds. The van der Waals surface area contributed by atoms with Gasteiger partial charge < -0.3 is 20.3 Å². The Kier molecular flexibility index (Phi) is 52.5. The summed E-state index contributed by atoms with van der Waals surface area (Å²) in [6, 6.07) is -0.540. The summed E-state index contributed by atoms with van der Waals surface area (Å²) in [7, 11) is 0. The molecular formula is C57H113NO5. The number of unbranched alkanes of at least 4 members (excludes halogenated alkanes) is 43. The van der Waals surface area contributed by atoms with Gasteiger partial charge in [-0.15, -0.1) is 0 Å². The Morgan fingerprint density at radius 2 is 0.651 bits per heavy atom. The number of carbonyl (C=O) groups is 2. The summed E-state index contributed by atoms with van der Waals surface area (Å²) < 4.78 is 5.48. The monoisotopic (exact) mass is 892 g/mol. The van der Waals surface area contributed by atoms with Gasteiger partial charge >= 0.3 is 5.97 Å². The summed E-state index contributed by atoms with van der Waals surface area (Å²) in [6.45, 7) is 4.97. The minimum atomic E-state index is -0.663. The van der Waals surface area contributed by atoms with E-state index < -0.39 is 12.1 Å². The van der Waals surface area contributed by atoms with Crippen molar-refractivity contribution in [3.8, 4) is 0 Å². The van der Waals surface area contributed by atoms with Crippen LogP contribution in [0.1, 0.15) is 328 Å². The second-order valence-electron chi connectivity index (χ2n) is 20.0. The van der Waals surface area contributed by atoms with Gasteiger partial charge in [-0.05, 0) is 25.7 Å². The molecule has 0 aliphatic carbocycles. The molecule has 2 unspecified atom stereocenters. The fourth-order valence-electron chi connectivity index (χ4n) is 9.23. The Hall–Kier alpha value is -1.14. The van der Waals surface area contributed by atoms with Crippen LogP contribution in [0.5, 0.6) is 0 Å². The summed E-state index contributed by atoms with van der Waals surface area (Å²) in [6.07, 6.45) is 60.9. The number of nitrogens with one attached hydrogen (secondary N) is 1. The van der Waals surface area contributed by atoms with Gasteiger partial charge in [0.25, 0.3) is 0 Å². The highest BCUT2D eigenvalue weighted by Crippen LogP contribution is 2.18. The highest BCUT2D eigenvalue weighted by molar-refractivity contribution is 5.76. The van der Waals surface area contributed by atoms with Gasteiger partial charge in [-0.25, -0.2) is 0 Å². The average molecular weight is 893 g/mol. The number of ether oxygens (including phenoxy) is 1. The van der Waals surface area contributed by atoms with Crippen LogP contribution in [0.25, 0.3) is 0 Å². The van der Waals surface area contributed by atoms with E-state index in [-0.39, 0.29) is 18.5 Å². The van der Waals surface area contributed by atoms with Crippen LogP contribution >= 0.6 is 0 Å². The standard InChI is InChI=1S/C57H113NO5/c1-3-5-7-9-11-13-15-17-27-31-35-39-43-47-51-57(62)63-52-48-44-40-36-32-28-25-23-21-19-18-20-22-24-26-30-34-38-42-46-50-56(61)58-54(53-59)55(60)49-45-41-37-33-29-16-14-12-10-8-6-4-2/h54-55,59-60H,3-53H2,1-2H3,(H,58,61). The number of aliphatic hydroxyl groups is 2. The van der Waals surface area contributed by atoms with Crippen molar-refractivity contribution in [2.75, 3.05) is 13.2 Å². The van der Waals surface area contributed by atoms with Crippen LogP contribution in [-0.2, 0) is 14.3 Å². The number of rotatable bonds is 54. The normalized spacial score (nSPS) is 12.5. The fourth-order valence-corrected chi connectivity index (χ4v) is 9.23. The Balaban J connectivity index is 3.36. The summed E-state index contributed by atoms with van der Waals surface area (Å²) in [4.78, 5) is 24.5. The number of hydrogen-bond donors (Lipinski definition) is 3. The van der Waals surface area contributed by atoms with Gasteiger partial charge in [0.05, 0.1) is 25.4 Å². The molecule has 0 rings (SSSR count). The molecule has 2 atom stereocenters. The average Bonchev–Trinajstić information content (AvgIpc) is 3.28. The lowest BCUT2D eigenvalue weighted by Gasteiger charge is -2.22. The number of esters is 1. The van der Waals surface area contributed by atoms with E-state index in [0.29, 0.717) is 25.9 Å². The van der Waals surface area contributed by atoms with Crippen molar-refractivity contribution in [2.45, 2.75) is 341 Å². The number of hydrogen-bond acceptors (Lipinski definition) is 5. The van der Waals surface area contributed by atoms with Gasteiger partial charge in [-0.1, -0.05) is 290 Å². The lowest BCUT2D eigenvalue weighted by molar-refractivity contribution is -0.143. The quantitative estimate of drug-likeness (QED) is 0.0418. The van der Waals surface area contributed by atoms with Crippen molar-refractivity contribution < 1.29 is 24.5 Å². The first-order chi connectivity index (χ1) is 31.0. The molecule has 63 heavy (non-hydrogen) atoms. The molecular weight excluding hydrogens is 779 g/mol. The molecule has 376 valence electrons. The summed E-state index contributed by atoms with van der Waals surface area (Å²) in [5, 5.41) is 23.2. The van der Waals surface area contributed by atoms with Gasteiger partial charge in [-0.2, -0.15) is 0 Å². The van der Waals surface area contributed by atoms with Gasteiger partial charge in [-0.3, -0.25) is 9.59 Å². The van der Waals surface area contributed by atoms with Crippen molar-refractivity contribution in [3.63, 3.8) is 0 Å². The molecule has 0 aliphatic heterocycles. The Bertz CT molecular complexity index is 898. The molecule has 0 spiro atoms. The fraction of sp³-hybridized carbons (Fsp3) is 0.965. The van der Waals surface area contributed by atoms with Crippen LogP contribution in [0, 0.1) is 0 Å². The third-order valence-electron chi connectivity index (χ3n) is 13.7. The molecule has 0 radical (unpaired) electrons. The largest absolute Gasteiger partial charge is 0.466 e. The zero-order chi connectivity index (χ0) is 45.8. The van der Waals surface area contributed by atoms with Crippen molar-refractivity contribution in [2.24, 2.45) is 0 Å². The third kappa shape index (κ3) is 50.1. The van der Waals surface area contributed by atoms with Crippen LogP contribution in [-0.4, -0.2) is 47.4 Å². The van der Waals surface area contributed by atoms with E-state index in [1.165, 1.54) is 257 Å². The number of amides is 1. The Morgan fingerprint density at radius 3 is 0.968 bits per heavy atom. The molecule has 6 heteroatoms. The molecule has 0 aromatic carbocycles. The lowest BCUT2D eigenvalue weighted by atomic mass is 10.0. The SMILES string of the molecule is CCCCCCCCCCCCCCCCC(=O)OCCCCCCCCCCCCCCCCCCCCCCC(=O)NC(CO)C(O)CCCCCCCCCCCCCC. The maximum atomic E-state index is 12.4. The molecule has 0 aliphatic rings. The third-order valence-corrected chi connectivity index (χ3v) is 13.7. The molecule has 0 aromatic heterocycles. The second kappa shape index (κ2) is 53.5. The number of carbonyl (C=O) groups excluding carboxylic acids is 2. The van der Waals surface area contributed by atoms with Gasteiger partial charge in [0, 0.05) is 12.8 Å². The topological polar surface area (TPSA) is 95.9 Å². The molecule has 3 N–H and O–H groups in total. The highest BCUT2D eigenvalue weighted by atomic mass is 16.5. The van der Waals surface area contributed by atoms with Crippen molar-refractivity contribution in [1.82, 2.24) is 5.32 Å². The second-order valence-corrected chi connectivity index (χ2v) is 20.0. The van der Waals surface area contributed by atoms with Crippen molar-refractivity contribution >= 4 is 11.9 Å². The van der Waals surface area contributed by atoms with Crippen LogP contribution in [0.2, 0.25) is 0 Å². The Labute approximate surface area is 394 Å². The minimum absolute atomic E-state index is 0.0136. The van der Waals surface area contributed by atoms with Crippen LogP contribution in [0.3, 0.4) is 0 Å². The van der Waals surface area contributed by atoms with Crippen LogP contribution in [0.4, 0.5) is 0 Å². The molecule has 6 nitrogen and oxygen atoms in total. The predicted molar refractivity (Wildman–Crippen MR) is 274 cm³/mol. The van der Waals surface area contributed by atoms with Crippen molar-refractivity contribution in [3.05, 3.63) is 0 Å². The van der Waals surface area contributed by atoms with E-state index in [0.717, 1.165) is 38.5 Å². The molecule has 0 heterocycles. The molecule has 0 saturated carbocycles. The predicted octanol–water partition coefficient (Wildman–Crippen LogP) is 17.5. The van der Waals surface area contributed by atoms with E-state index in [1.807, 2.05) is 0 Å². The van der Waals surface area contributed by atoms with Crippen LogP contribution < -0.4 is 5.32 Å². The summed E-state index contributed by atoms with van der Waals surface area (Å²) >= 11 is 0. The Morgan fingerprint density at radius 1 is 0.381 bits per heavy atom. The first kappa shape index (κ1) is 61.9. The maximum absolute atomic E-state index is 12.4. The first-order valence-corrected chi connectivity index (χ1v) is 28.8. The van der Waals surface area contributed by atoms with E-state index in [9.17, 15) is 19.8 Å². The molecule has 0 saturated heterocycles. The summed E-state index contributed by atoms with van der Waals surface area (Å²) in [5.41, 5.74) is 0. The lowest BCUT2D eigenvalue weighted by Crippen LogP contribution is -2.45. The molecule has 0 fully saturated rings. The summed E-state index contributed by atoms with van der Waals surface area (Å²) in [5.74, 6) is -0.0219. The van der Waals surface area contributed by atoms with Gasteiger partial charge in [0.2, 0.25) is 5.91 Å². The van der Waals surface area contributed by atoms with E-state index in [4.69, 9.17) is 4.74 Å². The van der Waals surface area contributed by atoms with Gasteiger partial charge in [0.1, 0.15) is 0 Å². The highest BCUT2D eigenvalue weighted by Gasteiger charge is 2.20. The van der Waals surface area contributed by atoms with Crippen molar-refractivity contribution in [1.29, 1.82) is 0 Å². The zero-order valence-corrected chi connectivity index (χ0v) is 42.8. The molecule has 0 bridgehead atoms. The smallest absolute Gasteiger partial charge is 0.305 e. The van der Waals surface area contributed by atoms with Crippen LogP contribution in [0.15, 0.2) is 0 Å². The van der Waals surface area contributed by atoms with E-state index in [2.05, 4.69) is 19.2 Å². The number of aliphatic hydroxyl groups excluding tert-OH is 2. The maximum Gasteiger partial charge on any atom is 0.305 e. The molecule has 0 aromatic rings. The van der Waals surface area contributed by atoms with E-state index >= 15 is 0 Å². The minimum Gasteiger partial charge on any atom is -0.466 e. The van der Waals surface area contributed by atoms with E-state index in [1.54, 1.807) is 0 Å². The zero-order valence-electron chi connectivity index (χ0n) is 42.8. The first-order valence-electron chi connectivity index (χ1n) is 28.8. The van der Waals surface area contributed by atoms with Gasteiger partial charge in [0.15, 0.2) is 0 Å².